The van der Waals surface area contributed by atoms with E-state index in [1.807, 2.05) is 0 Å². The minimum atomic E-state index is -0.464. The number of carbonyl (C=O) groups is 1. The van der Waals surface area contributed by atoms with Gasteiger partial charge < -0.3 is 14.6 Å². The van der Waals surface area contributed by atoms with Gasteiger partial charge in [-0.2, -0.15) is 9.97 Å². The van der Waals surface area contributed by atoms with Gasteiger partial charge in [0.1, 0.15) is 28.5 Å². The number of aryl methyl sites for hydroxylation is 1. The molecule has 10 heteroatoms. The van der Waals surface area contributed by atoms with Crippen molar-refractivity contribution in [2.45, 2.75) is 13.5 Å². The second-order valence-corrected chi connectivity index (χ2v) is 7.01. The molecule has 0 unspecified atom stereocenters. The highest BCUT2D eigenvalue weighted by Crippen LogP contribution is 2.33. The Morgan fingerprint density at radius 3 is 2.74 bits per heavy atom. The number of nitrogens with zero attached hydrogens (tertiary/aromatic N) is 3. The first-order valence-corrected chi connectivity index (χ1v) is 9.52. The van der Waals surface area contributed by atoms with Gasteiger partial charge in [-0.25, -0.2) is 8.78 Å². The van der Waals surface area contributed by atoms with Gasteiger partial charge in [-0.15, -0.1) is 0 Å². The van der Waals surface area contributed by atoms with Crippen LogP contribution in [0.3, 0.4) is 0 Å². The van der Waals surface area contributed by atoms with Gasteiger partial charge in [-0.3, -0.25) is 4.79 Å². The zero-order chi connectivity index (χ0) is 22.0. The Hall–Kier alpha value is -3.59. The minimum Gasteiger partial charge on any atom is -0.467 e. The summed E-state index contributed by atoms with van der Waals surface area (Å²) < 4.78 is 37.6. The molecule has 0 bridgehead atoms. The number of benzene rings is 2. The van der Waals surface area contributed by atoms with Crippen molar-refractivity contribution in [1.82, 2.24) is 20.4 Å². The van der Waals surface area contributed by atoms with Crippen molar-refractivity contribution in [3.63, 3.8) is 0 Å². The number of halogens is 3. The number of rotatable bonds is 6. The normalized spacial score (nSPS) is 11.0. The lowest BCUT2D eigenvalue weighted by Crippen LogP contribution is -2.28. The van der Waals surface area contributed by atoms with Crippen LogP contribution in [0.2, 0.25) is 5.02 Å². The number of aromatic nitrogens is 3. The summed E-state index contributed by atoms with van der Waals surface area (Å²) in [5.41, 5.74) is 1.46. The smallest absolute Gasteiger partial charge is 0.265 e. The Labute approximate surface area is 180 Å². The summed E-state index contributed by atoms with van der Waals surface area (Å²) >= 11 is 5.96. The van der Waals surface area contributed by atoms with Crippen molar-refractivity contribution in [2.75, 3.05) is 6.61 Å². The molecule has 0 saturated heterocycles. The number of nitrogens with one attached hydrogen (secondary N) is 1. The summed E-state index contributed by atoms with van der Waals surface area (Å²) in [6.45, 7) is 1.37. The van der Waals surface area contributed by atoms with Gasteiger partial charge in [0.25, 0.3) is 11.6 Å². The largest absolute Gasteiger partial charge is 0.467 e. The molecule has 4 rings (SSSR count). The van der Waals surface area contributed by atoms with E-state index in [9.17, 15) is 13.6 Å². The summed E-state index contributed by atoms with van der Waals surface area (Å²) in [6, 6.07) is 9.70. The molecule has 1 amide bonds. The molecule has 31 heavy (non-hydrogen) atoms. The maximum Gasteiger partial charge on any atom is 0.265 e. The first-order valence-electron chi connectivity index (χ1n) is 9.14. The van der Waals surface area contributed by atoms with Crippen LogP contribution in [0, 0.1) is 18.6 Å². The average molecular weight is 445 g/mol. The molecule has 0 aliphatic heterocycles. The topological polar surface area (TPSA) is 90.1 Å². The molecule has 0 spiro atoms. The number of ether oxygens (including phenoxy) is 1. The van der Waals surface area contributed by atoms with Gasteiger partial charge in [-0.05, 0) is 36.8 Å². The summed E-state index contributed by atoms with van der Waals surface area (Å²) in [4.78, 5) is 20.6. The van der Waals surface area contributed by atoms with Crippen LogP contribution in [0.5, 0.6) is 5.88 Å². The third kappa shape index (κ3) is 4.61. The fraction of sp³-hybridized carbons (Fsp3) is 0.143. The van der Waals surface area contributed by atoms with E-state index in [0.29, 0.717) is 28.0 Å². The first kappa shape index (κ1) is 20.7. The zero-order valence-electron chi connectivity index (χ0n) is 16.2. The van der Waals surface area contributed by atoms with Crippen LogP contribution in [0.25, 0.3) is 22.4 Å². The Morgan fingerprint density at radius 2 is 1.97 bits per heavy atom. The maximum absolute atomic E-state index is 13.6. The van der Waals surface area contributed by atoms with E-state index in [2.05, 4.69) is 20.4 Å². The highest BCUT2D eigenvalue weighted by molar-refractivity contribution is 6.31. The molecular weight excluding hydrogens is 430 g/mol. The Balaban J connectivity index is 1.52. The van der Waals surface area contributed by atoms with Crippen LogP contribution in [-0.2, 0) is 11.3 Å². The van der Waals surface area contributed by atoms with Crippen molar-refractivity contribution in [1.29, 1.82) is 0 Å². The van der Waals surface area contributed by atoms with Crippen LogP contribution < -0.4 is 10.1 Å². The second kappa shape index (κ2) is 8.65. The fourth-order valence-electron chi connectivity index (χ4n) is 2.91. The molecule has 1 N–H and O–H groups in total. The number of fused-ring (bicyclic) bond motifs is 1. The molecule has 4 aromatic rings. The number of hydrogen-bond donors (Lipinski definition) is 1. The Bertz CT molecular complexity index is 1280. The van der Waals surface area contributed by atoms with Crippen LogP contribution in [0.4, 0.5) is 8.78 Å². The maximum atomic E-state index is 13.6. The SMILES string of the molecule is Cc1nc(OCC(=O)NCc2ccc(F)cc2Cl)c2c(-c3cccc(F)c3)noc2n1. The van der Waals surface area contributed by atoms with Crippen LogP contribution in [0.1, 0.15) is 11.4 Å². The number of hydrogen-bond acceptors (Lipinski definition) is 6. The summed E-state index contributed by atoms with van der Waals surface area (Å²) in [5.74, 6) is -0.924. The molecule has 2 aromatic heterocycles. The molecule has 0 saturated carbocycles. The average Bonchev–Trinajstić information content (AvgIpc) is 3.15. The Morgan fingerprint density at radius 1 is 1.16 bits per heavy atom. The summed E-state index contributed by atoms with van der Waals surface area (Å²) in [6.07, 6.45) is 0. The van der Waals surface area contributed by atoms with E-state index in [4.69, 9.17) is 20.9 Å². The third-order valence-electron chi connectivity index (χ3n) is 4.34. The van der Waals surface area contributed by atoms with Crippen molar-refractivity contribution in [3.8, 4) is 17.1 Å². The summed E-state index contributed by atoms with van der Waals surface area (Å²) in [7, 11) is 0. The highest BCUT2D eigenvalue weighted by Gasteiger charge is 2.20. The summed E-state index contributed by atoms with van der Waals surface area (Å²) in [5, 5.41) is 7.13. The van der Waals surface area contributed by atoms with Crippen molar-refractivity contribution >= 4 is 28.6 Å². The molecule has 2 heterocycles. The van der Waals surface area contributed by atoms with Crippen molar-refractivity contribution in [3.05, 3.63) is 70.5 Å². The lowest BCUT2D eigenvalue weighted by atomic mass is 10.1. The van der Waals surface area contributed by atoms with Crippen molar-refractivity contribution < 1.29 is 22.8 Å². The minimum absolute atomic E-state index is 0.0815. The van der Waals surface area contributed by atoms with E-state index < -0.39 is 17.5 Å². The lowest BCUT2D eigenvalue weighted by Gasteiger charge is -2.09. The molecule has 2 aromatic carbocycles. The third-order valence-corrected chi connectivity index (χ3v) is 4.70. The number of carbonyl (C=O) groups excluding carboxylic acids is 1. The van der Waals surface area contributed by atoms with Gasteiger partial charge in [0.15, 0.2) is 6.61 Å². The van der Waals surface area contributed by atoms with E-state index in [1.54, 1.807) is 13.0 Å². The van der Waals surface area contributed by atoms with Crippen molar-refractivity contribution in [2.24, 2.45) is 0 Å². The monoisotopic (exact) mass is 444 g/mol. The van der Waals surface area contributed by atoms with Crippen LogP contribution >= 0.6 is 11.6 Å². The van der Waals surface area contributed by atoms with E-state index in [1.165, 1.54) is 36.4 Å². The molecule has 0 aliphatic rings. The molecule has 0 aliphatic carbocycles. The lowest BCUT2D eigenvalue weighted by molar-refractivity contribution is -0.123. The quantitative estimate of drug-likeness (QED) is 0.479. The highest BCUT2D eigenvalue weighted by atomic mass is 35.5. The van der Waals surface area contributed by atoms with Gasteiger partial charge in [-0.1, -0.05) is 35.0 Å². The molecule has 158 valence electrons. The van der Waals surface area contributed by atoms with Crippen LogP contribution in [-0.4, -0.2) is 27.6 Å². The second-order valence-electron chi connectivity index (χ2n) is 6.60. The van der Waals surface area contributed by atoms with Gasteiger partial charge in [0.2, 0.25) is 5.88 Å². The fourth-order valence-corrected chi connectivity index (χ4v) is 3.14. The first-order chi connectivity index (χ1) is 14.9. The molecular formula is C21H15ClF2N4O3. The van der Waals surface area contributed by atoms with Gasteiger partial charge in [0, 0.05) is 17.1 Å². The van der Waals surface area contributed by atoms with E-state index >= 15 is 0 Å². The molecule has 0 fully saturated rings. The predicted molar refractivity (Wildman–Crippen MR) is 108 cm³/mol. The van der Waals surface area contributed by atoms with E-state index in [0.717, 1.165) is 0 Å². The Kier molecular flexibility index (Phi) is 5.77. The predicted octanol–water partition coefficient (Wildman–Crippen LogP) is 4.22. The number of amides is 1. The van der Waals surface area contributed by atoms with Crippen LogP contribution in [0.15, 0.2) is 47.0 Å². The van der Waals surface area contributed by atoms with Gasteiger partial charge in [0.05, 0.1) is 0 Å². The van der Waals surface area contributed by atoms with Gasteiger partial charge >= 0.3 is 0 Å². The molecule has 0 radical (unpaired) electrons. The van der Waals surface area contributed by atoms with E-state index in [-0.39, 0.29) is 29.8 Å². The standard InChI is InChI=1S/C21H15ClF2N4O3/c1-11-26-20(30-10-17(29)25-9-13-5-6-15(24)8-16(13)22)18-19(28-31-21(18)27-11)12-3-2-4-14(23)7-12/h2-8H,9-10H2,1H3,(H,25,29). The molecule has 0 atom stereocenters. The zero-order valence-corrected chi connectivity index (χ0v) is 16.9. The molecule has 7 nitrogen and oxygen atoms in total.